The van der Waals surface area contributed by atoms with Crippen molar-refractivity contribution in [1.29, 1.82) is 0 Å². The summed E-state index contributed by atoms with van der Waals surface area (Å²) >= 11 is 0. The summed E-state index contributed by atoms with van der Waals surface area (Å²) in [6, 6.07) is 48.0. The van der Waals surface area contributed by atoms with Gasteiger partial charge in [0.25, 0.3) is 0 Å². The van der Waals surface area contributed by atoms with Crippen LogP contribution in [0.3, 0.4) is 0 Å². The van der Waals surface area contributed by atoms with E-state index in [9.17, 15) is 0 Å². The van der Waals surface area contributed by atoms with Gasteiger partial charge in [-0.05, 0) is 48.5 Å². The lowest BCUT2D eigenvalue weighted by Crippen LogP contribution is -2.09. The summed E-state index contributed by atoms with van der Waals surface area (Å²) in [6.45, 7) is 0. The number of benzene rings is 5. The molecule has 1 heterocycles. The van der Waals surface area contributed by atoms with Crippen LogP contribution in [-0.4, -0.2) is 4.98 Å². The third-order valence-electron chi connectivity index (χ3n) is 5.46. The van der Waals surface area contributed by atoms with Gasteiger partial charge >= 0.3 is 0 Å². The first-order valence-electron chi connectivity index (χ1n) is 10.8. The fourth-order valence-electron chi connectivity index (χ4n) is 3.98. The molecule has 1 aromatic heterocycles. The van der Waals surface area contributed by atoms with Gasteiger partial charge in [-0.15, -0.1) is 0 Å². The summed E-state index contributed by atoms with van der Waals surface area (Å²) < 4.78 is 0. The number of rotatable bonds is 3. The van der Waals surface area contributed by atoms with Gasteiger partial charge in [0.1, 0.15) is 0 Å². The van der Waals surface area contributed by atoms with Crippen LogP contribution in [0.25, 0.3) is 21.8 Å². The first-order chi connectivity index (χ1) is 15.9. The number of aromatic nitrogens is 1. The van der Waals surface area contributed by atoms with E-state index < -0.39 is 0 Å². The Morgan fingerprint density at radius 3 is 1.03 bits per heavy atom. The summed E-state index contributed by atoms with van der Waals surface area (Å²) in [7, 11) is 0. The summed E-state index contributed by atoms with van der Waals surface area (Å²) in [4.78, 5) is 5.63. The van der Waals surface area contributed by atoms with Crippen molar-refractivity contribution in [1.82, 2.24) is 4.98 Å². The molecule has 6 rings (SSSR count). The Bertz CT molecular complexity index is 1270. The molecule has 2 nitrogen and oxygen atoms in total. The second kappa shape index (κ2) is 10.3. The molecule has 0 saturated heterocycles. The van der Waals surface area contributed by atoms with Crippen molar-refractivity contribution in [3.8, 4) is 0 Å². The zero-order valence-corrected chi connectivity index (χ0v) is 18.1. The minimum absolute atomic E-state index is 0. The molecule has 1 N–H and O–H groups in total. The number of hydrogen-bond acceptors (Lipinski definition) is 1. The number of para-hydroxylation sites is 5. The fourth-order valence-corrected chi connectivity index (χ4v) is 3.98. The number of hydrogen-bond donors (Lipinski definition) is 1. The van der Waals surface area contributed by atoms with E-state index in [2.05, 4.69) is 131 Å². The Balaban J connectivity index is 0.000000162. The lowest BCUT2D eigenvalue weighted by molar-refractivity contribution is 1.11. The molecule has 0 bridgehead atoms. The molecule has 3 heteroatoms. The highest BCUT2D eigenvalue weighted by atomic mass is 19.0. The van der Waals surface area contributed by atoms with E-state index in [4.69, 9.17) is 0 Å². The van der Waals surface area contributed by atoms with E-state index >= 15 is 0 Å². The van der Waals surface area contributed by atoms with Crippen molar-refractivity contribution < 1.29 is 4.70 Å². The normalized spacial score (nSPS) is 10.2. The molecule has 0 aliphatic heterocycles. The number of aromatic amines is 1. The summed E-state index contributed by atoms with van der Waals surface area (Å²) in [5.74, 6) is 0. The Morgan fingerprint density at radius 1 is 0.364 bits per heavy atom. The molecule has 0 amide bonds. The van der Waals surface area contributed by atoms with Crippen LogP contribution in [0, 0.1) is 0 Å². The predicted molar refractivity (Wildman–Crippen MR) is 139 cm³/mol. The minimum Gasteiger partial charge on any atom is -0.355 e. The minimum atomic E-state index is 0. The summed E-state index contributed by atoms with van der Waals surface area (Å²) in [5, 5.41) is 2.61. The maximum absolute atomic E-state index is 3.38. The predicted octanol–water partition coefficient (Wildman–Crippen LogP) is 8.63. The molecule has 0 radical (unpaired) electrons. The van der Waals surface area contributed by atoms with Crippen LogP contribution in [0.2, 0.25) is 0 Å². The quantitative estimate of drug-likeness (QED) is 0.296. The van der Waals surface area contributed by atoms with Gasteiger partial charge in [-0.25, -0.2) is 0 Å². The molecule has 33 heavy (non-hydrogen) atoms. The number of anilines is 3. The van der Waals surface area contributed by atoms with Gasteiger partial charge in [0.2, 0.25) is 0 Å². The molecule has 6 aromatic rings. The molecule has 5 aromatic carbocycles. The van der Waals surface area contributed by atoms with E-state index in [1.807, 2.05) is 18.2 Å². The molecule has 0 fully saturated rings. The van der Waals surface area contributed by atoms with Crippen LogP contribution < -0.4 is 4.90 Å². The number of H-pyrrole nitrogens is 1. The Morgan fingerprint density at radius 2 is 0.667 bits per heavy atom. The van der Waals surface area contributed by atoms with Crippen molar-refractivity contribution >= 4 is 38.9 Å². The number of nitrogens with one attached hydrogen (secondary N) is 1. The highest BCUT2D eigenvalue weighted by molar-refractivity contribution is 6.06. The van der Waals surface area contributed by atoms with Crippen molar-refractivity contribution in [3.05, 3.63) is 140 Å². The second-order valence-electron chi connectivity index (χ2n) is 7.56. The van der Waals surface area contributed by atoms with Crippen molar-refractivity contribution in [2.24, 2.45) is 0 Å². The van der Waals surface area contributed by atoms with Gasteiger partial charge in [0.05, 0.1) is 0 Å². The smallest absolute Gasteiger partial charge is 0.0464 e. The lowest BCUT2D eigenvalue weighted by Gasteiger charge is -2.25. The van der Waals surface area contributed by atoms with E-state index in [1.54, 1.807) is 0 Å². The van der Waals surface area contributed by atoms with Crippen LogP contribution in [0.4, 0.5) is 21.8 Å². The average Bonchev–Trinajstić information content (AvgIpc) is 3.26. The second-order valence-corrected chi connectivity index (χ2v) is 7.56. The molecule has 0 atom stereocenters. The van der Waals surface area contributed by atoms with Crippen LogP contribution in [0.15, 0.2) is 140 Å². The van der Waals surface area contributed by atoms with E-state index in [1.165, 1.54) is 38.9 Å². The Kier molecular flexibility index (Phi) is 6.81. The molecule has 0 spiro atoms. The molecule has 162 valence electrons. The van der Waals surface area contributed by atoms with Crippen molar-refractivity contribution in [2.45, 2.75) is 0 Å². The monoisotopic (exact) mass is 432 g/mol. The van der Waals surface area contributed by atoms with E-state index in [0.717, 1.165) is 0 Å². The molecule has 0 aliphatic carbocycles. The average molecular weight is 433 g/mol. The first kappa shape index (κ1) is 21.8. The van der Waals surface area contributed by atoms with Crippen LogP contribution in [-0.2, 0) is 0 Å². The standard InChI is InChI=1S/C18H15N.C12H9N.FH/c1-4-10-16(11-5-1)19(17-12-6-2-7-13-17)18-14-8-3-9-15-18;1-3-7-11-9(5-1)10-6-2-4-8-12(10)13-11;/h1-15H;1-8,13H;1H. The van der Waals surface area contributed by atoms with Gasteiger partial charge in [-0.2, -0.15) is 0 Å². The Hall–Kier alpha value is -4.37. The summed E-state index contributed by atoms with van der Waals surface area (Å²) in [5.41, 5.74) is 5.92. The number of halogens is 1. The number of fused-ring (bicyclic) bond motifs is 3. The van der Waals surface area contributed by atoms with E-state index in [0.29, 0.717) is 0 Å². The third-order valence-corrected chi connectivity index (χ3v) is 5.46. The van der Waals surface area contributed by atoms with Gasteiger partial charge < -0.3 is 9.88 Å². The van der Waals surface area contributed by atoms with Gasteiger partial charge in [-0.3, -0.25) is 4.70 Å². The van der Waals surface area contributed by atoms with Gasteiger partial charge in [0, 0.05) is 38.9 Å². The topological polar surface area (TPSA) is 19.0 Å². The molecule has 0 saturated carbocycles. The highest BCUT2D eigenvalue weighted by Gasteiger charge is 2.10. The van der Waals surface area contributed by atoms with Crippen molar-refractivity contribution in [3.63, 3.8) is 0 Å². The zero-order valence-electron chi connectivity index (χ0n) is 18.1. The third kappa shape index (κ3) is 4.78. The molecule has 0 aliphatic rings. The molecule has 0 unspecified atom stereocenters. The zero-order chi connectivity index (χ0) is 21.6. The van der Waals surface area contributed by atoms with Crippen LogP contribution in [0.5, 0.6) is 0 Å². The van der Waals surface area contributed by atoms with Crippen LogP contribution in [0.1, 0.15) is 0 Å². The summed E-state index contributed by atoms with van der Waals surface area (Å²) in [6.07, 6.45) is 0. The maximum atomic E-state index is 3.38. The highest BCUT2D eigenvalue weighted by Crippen LogP contribution is 2.33. The molecular formula is C30H25FN2. The molecular weight excluding hydrogens is 407 g/mol. The van der Waals surface area contributed by atoms with Crippen LogP contribution >= 0.6 is 0 Å². The number of nitrogens with zero attached hydrogens (tertiary/aromatic N) is 1. The van der Waals surface area contributed by atoms with Gasteiger partial charge in [0.15, 0.2) is 0 Å². The van der Waals surface area contributed by atoms with E-state index in [-0.39, 0.29) is 4.70 Å². The fraction of sp³-hybridized carbons (Fsp3) is 0. The van der Waals surface area contributed by atoms with Gasteiger partial charge in [-0.1, -0.05) is 91.0 Å². The van der Waals surface area contributed by atoms with Crippen molar-refractivity contribution in [2.75, 3.05) is 4.90 Å². The largest absolute Gasteiger partial charge is 0.355 e. The first-order valence-corrected chi connectivity index (χ1v) is 10.8. The maximum Gasteiger partial charge on any atom is 0.0464 e. The lowest BCUT2D eigenvalue weighted by atomic mass is 10.2. The Labute approximate surface area is 193 Å². The SMILES string of the molecule is F.c1ccc(N(c2ccccc2)c2ccccc2)cc1.c1ccc2c(c1)[nH]c1ccccc12.